The Hall–Kier alpha value is -1.36. The minimum Gasteiger partial charge on any atom is -0.469 e. The summed E-state index contributed by atoms with van der Waals surface area (Å²) < 4.78 is 14.9. The monoisotopic (exact) mass is 258 g/mol. The number of ether oxygens (including phenoxy) is 3. The van der Waals surface area contributed by atoms with E-state index in [0.29, 0.717) is 6.61 Å². The van der Waals surface area contributed by atoms with Gasteiger partial charge >= 0.3 is 11.9 Å². The SMILES string of the molecule is C=CCOC[C@H](CC(=O)OC(C)(C)C)C(=O)OC. The van der Waals surface area contributed by atoms with Crippen LogP contribution in [-0.4, -0.2) is 37.9 Å². The molecule has 1 atom stereocenters. The fourth-order valence-corrected chi connectivity index (χ4v) is 1.25. The van der Waals surface area contributed by atoms with Gasteiger partial charge in [0.25, 0.3) is 0 Å². The van der Waals surface area contributed by atoms with Gasteiger partial charge in [0.2, 0.25) is 0 Å². The second-order valence-corrected chi connectivity index (χ2v) is 4.84. The normalized spacial score (nSPS) is 12.7. The summed E-state index contributed by atoms with van der Waals surface area (Å²) in [7, 11) is 1.28. The van der Waals surface area contributed by atoms with Crippen LogP contribution >= 0.6 is 0 Å². The highest BCUT2D eigenvalue weighted by molar-refractivity contribution is 5.80. The van der Waals surface area contributed by atoms with E-state index in [9.17, 15) is 9.59 Å². The first kappa shape index (κ1) is 16.6. The topological polar surface area (TPSA) is 61.8 Å². The molecule has 0 aliphatic carbocycles. The van der Waals surface area contributed by atoms with Gasteiger partial charge < -0.3 is 14.2 Å². The molecular formula is C13H22O5. The summed E-state index contributed by atoms with van der Waals surface area (Å²) in [6, 6.07) is 0. The van der Waals surface area contributed by atoms with Gasteiger partial charge in [-0.2, -0.15) is 0 Å². The Labute approximate surface area is 108 Å². The Bertz CT molecular complexity index is 290. The largest absolute Gasteiger partial charge is 0.469 e. The first-order valence-electron chi connectivity index (χ1n) is 5.78. The fourth-order valence-electron chi connectivity index (χ4n) is 1.25. The van der Waals surface area contributed by atoms with Crippen LogP contribution in [0.1, 0.15) is 27.2 Å². The second-order valence-electron chi connectivity index (χ2n) is 4.84. The number of rotatable bonds is 7. The van der Waals surface area contributed by atoms with Crippen molar-refractivity contribution in [1.29, 1.82) is 0 Å². The van der Waals surface area contributed by atoms with Gasteiger partial charge in [0.05, 0.1) is 32.7 Å². The Morgan fingerprint density at radius 3 is 2.39 bits per heavy atom. The van der Waals surface area contributed by atoms with Gasteiger partial charge in [-0.3, -0.25) is 9.59 Å². The third-order valence-corrected chi connectivity index (χ3v) is 1.92. The zero-order chi connectivity index (χ0) is 14.2. The van der Waals surface area contributed by atoms with Gasteiger partial charge in [-0.1, -0.05) is 6.08 Å². The number of hydrogen-bond acceptors (Lipinski definition) is 5. The van der Waals surface area contributed by atoms with Crippen molar-refractivity contribution in [1.82, 2.24) is 0 Å². The molecule has 0 aromatic rings. The van der Waals surface area contributed by atoms with Crippen LogP contribution in [0.5, 0.6) is 0 Å². The van der Waals surface area contributed by atoms with Gasteiger partial charge in [0.1, 0.15) is 5.60 Å². The van der Waals surface area contributed by atoms with Crippen molar-refractivity contribution in [2.24, 2.45) is 5.92 Å². The molecule has 0 spiro atoms. The van der Waals surface area contributed by atoms with Crippen molar-refractivity contribution in [3.63, 3.8) is 0 Å². The van der Waals surface area contributed by atoms with Gasteiger partial charge in [0, 0.05) is 0 Å². The molecule has 0 heterocycles. The van der Waals surface area contributed by atoms with Gasteiger partial charge in [-0.25, -0.2) is 0 Å². The summed E-state index contributed by atoms with van der Waals surface area (Å²) in [5.41, 5.74) is -0.570. The molecule has 0 fully saturated rings. The average Bonchev–Trinajstić information content (AvgIpc) is 2.24. The van der Waals surface area contributed by atoms with E-state index in [1.54, 1.807) is 26.8 Å². The third kappa shape index (κ3) is 7.84. The fraction of sp³-hybridized carbons (Fsp3) is 0.692. The smallest absolute Gasteiger partial charge is 0.311 e. The van der Waals surface area contributed by atoms with E-state index in [-0.39, 0.29) is 13.0 Å². The lowest BCUT2D eigenvalue weighted by molar-refractivity contribution is -0.162. The van der Waals surface area contributed by atoms with Crippen LogP contribution < -0.4 is 0 Å². The number of carbonyl (C=O) groups is 2. The Balaban J connectivity index is 4.35. The molecule has 0 amide bonds. The molecule has 0 aliphatic rings. The molecular weight excluding hydrogens is 236 g/mol. The number of methoxy groups -OCH3 is 1. The molecule has 0 aliphatic heterocycles. The molecule has 0 saturated heterocycles. The molecule has 0 bridgehead atoms. The summed E-state index contributed by atoms with van der Waals surface area (Å²) in [4.78, 5) is 23.1. The summed E-state index contributed by atoms with van der Waals surface area (Å²) in [6.45, 7) is 9.24. The molecule has 0 rings (SSSR count). The Kier molecular flexibility index (Phi) is 7.27. The summed E-state index contributed by atoms with van der Waals surface area (Å²) in [5, 5.41) is 0. The maximum Gasteiger partial charge on any atom is 0.311 e. The van der Waals surface area contributed by atoms with Crippen molar-refractivity contribution in [3.05, 3.63) is 12.7 Å². The van der Waals surface area contributed by atoms with Crippen molar-refractivity contribution < 1.29 is 23.8 Å². The molecule has 5 nitrogen and oxygen atoms in total. The number of esters is 2. The lowest BCUT2D eigenvalue weighted by atomic mass is 10.1. The van der Waals surface area contributed by atoms with E-state index in [0.717, 1.165) is 0 Å². The minimum atomic E-state index is -0.648. The van der Waals surface area contributed by atoms with Crippen molar-refractivity contribution in [2.75, 3.05) is 20.3 Å². The quantitative estimate of drug-likeness (QED) is 0.395. The highest BCUT2D eigenvalue weighted by atomic mass is 16.6. The van der Waals surface area contributed by atoms with Crippen LogP contribution in [0, 0.1) is 5.92 Å². The summed E-state index contributed by atoms with van der Waals surface area (Å²) >= 11 is 0. The van der Waals surface area contributed by atoms with E-state index in [2.05, 4.69) is 11.3 Å². The zero-order valence-electron chi connectivity index (χ0n) is 11.5. The van der Waals surface area contributed by atoms with Crippen molar-refractivity contribution in [3.8, 4) is 0 Å². The lowest BCUT2D eigenvalue weighted by Gasteiger charge is -2.21. The van der Waals surface area contributed by atoms with E-state index in [4.69, 9.17) is 9.47 Å². The van der Waals surface area contributed by atoms with Crippen LogP contribution in [0.25, 0.3) is 0 Å². The van der Waals surface area contributed by atoms with Gasteiger partial charge in [-0.15, -0.1) is 6.58 Å². The standard InChI is InChI=1S/C13H22O5/c1-6-7-17-9-10(12(15)16-5)8-11(14)18-13(2,3)4/h6,10H,1,7-9H2,2-5H3/t10-/m0/s1. The molecule has 104 valence electrons. The Morgan fingerprint density at radius 2 is 1.94 bits per heavy atom. The maximum absolute atomic E-state index is 11.6. The van der Waals surface area contributed by atoms with Crippen LogP contribution in [0.4, 0.5) is 0 Å². The van der Waals surface area contributed by atoms with Gasteiger partial charge in [-0.05, 0) is 20.8 Å². The highest BCUT2D eigenvalue weighted by Crippen LogP contribution is 2.13. The average molecular weight is 258 g/mol. The van der Waals surface area contributed by atoms with Crippen LogP contribution in [-0.2, 0) is 23.8 Å². The predicted octanol–water partition coefficient (Wildman–Crippen LogP) is 1.71. The maximum atomic E-state index is 11.6. The molecule has 0 radical (unpaired) electrons. The summed E-state index contributed by atoms with van der Waals surface area (Å²) in [6.07, 6.45) is 1.52. The summed E-state index contributed by atoms with van der Waals surface area (Å²) in [5.74, 6) is -1.57. The van der Waals surface area contributed by atoms with E-state index >= 15 is 0 Å². The van der Waals surface area contributed by atoms with Crippen LogP contribution in [0.2, 0.25) is 0 Å². The first-order valence-corrected chi connectivity index (χ1v) is 5.78. The highest BCUT2D eigenvalue weighted by Gasteiger charge is 2.26. The van der Waals surface area contributed by atoms with Crippen LogP contribution in [0.3, 0.4) is 0 Å². The van der Waals surface area contributed by atoms with Gasteiger partial charge in [0.15, 0.2) is 0 Å². The molecule has 0 N–H and O–H groups in total. The molecule has 0 aromatic carbocycles. The second kappa shape index (κ2) is 7.87. The van der Waals surface area contributed by atoms with E-state index in [1.807, 2.05) is 0 Å². The van der Waals surface area contributed by atoms with Crippen molar-refractivity contribution >= 4 is 11.9 Å². The van der Waals surface area contributed by atoms with E-state index in [1.165, 1.54) is 7.11 Å². The lowest BCUT2D eigenvalue weighted by Crippen LogP contribution is -2.29. The predicted molar refractivity (Wildman–Crippen MR) is 67.0 cm³/mol. The first-order chi connectivity index (χ1) is 8.30. The van der Waals surface area contributed by atoms with Crippen LogP contribution in [0.15, 0.2) is 12.7 Å². The number of carbonyl (C=O) groups excluding carboxylic acids is 2. The Morgan fingerprint density at radius 1 is 1.33 bits per heavy atom. The molecule has 0 unspecified atom stereocenters. The minimum absolute atomic E-state index is 0.0545. The number of hydrogen-bond donors (Lipinski definition) is 0. The molecule has 0 saturated carbocycles. The zero-order valence-corrected chi connectivity index (χ0v) is 11.5. The van der Waals surface area contributed by atoms with E-state index < -0.39 is 23.5 Å². The molecule has 5 heteroatoms. The molecule has 0 aromatic heterocycles. The molecule has 18 heavy (non-hydrogen) atoms. The van der Waals surface area contributed by atoms with Crippen molar-refractivity contribution in [2.45, 2.75) is 32.8 Å². The third-order valence-electron chi connectivity index (χ3n) is 1.92.